The molecule has 0 bridgehead atoms. The molecule has 1 saturated carbocycles. The lowest BCUT2D eigenvalue weighted by molar-refractivity contribution is 0.618. The van der Waals surface area contributed by atoms with Gasteiger partial charge in [0.1, 0.15) is 0 Å². The van der Waals surface area contributed by atoms with Gasteiger partial charge in [0.2, 0.25) is 0 Å². The summed E-state index contributed by atoms with van der Waals surface area (Å²) in [5.74, 6) is 2.24. The number of nitrogens with two attached hydrogens (primary N) is 1. The molecule has 2 N–H and O–H groups in total. The van der Waals surface area contributed by atoms with E-state index in [1.165, 1.54) is 37.0 Å². The molecule has 1 fully saturated rings. The fourth-order valence-corrected chi connectivity index (χ4v) is 4.64. The van der Waals surface area contributed by atoms with Crippen LogP contribution >= 0.6 is 23.1 Å². The molecule has 1 aliphatic carbocycles. The molecule has 0 aliphatic heterocycles. The third kappa shape index (κ3) is 3.25. The van der Waals surface area contributed by atoms with Crippen LogP contribution in [0.5, 0.6) is 0 Å². The molecular formula is C13H21NS2. The molecular weight excluding hydrogens is 234 g/mol. The second kappa shape index (κ2) is 6.08. The first kappa shape index (κ1) is 12.5. The van der Waals surface area contributed by atoms with Crippen molar-refractivity contribution in [3.63, 3.8) is 0 Å². The maximum atomic E-state index is 6.10. The van der Waals surface area contributed by atoms with Gasteiger partial charge in [0.25, 0.3) is 0 Å². The molecule has 1 nitrogen and oxygen atoms in total. The topological polar surface area (TPSA) is 26.0 Å². The molecule has 0 amide bonds. The van der Waals surface area contributed by atoms with Crippen LogP contribution in [0.25, 0.3) is 0 Å². The Balaban J connectivity index is 1.88. The Hall–Kier alpha value is 0.01000. The van der Waals surface area contributed by atoms with E-state index in [0.29, 0.717) is 5.25 Å². The summed E-state index contributed by atoms with van der Waals surface area (Å²) >= 11 is 3.84. The van der Waals surface area contributed by atoms with Crippen LogP contribution in [0.1, 0.15) is 43.4 Å². The van der Waals surface area contributed by atoms with E-state index < -0.39 is 0 Å². The highest BCUT2D eigenvalue weighted by molar-refractivity contribution is 7.99. The Morgan fingerprint density at radius 2 is 2.25 bits per heavy atom. The van der Waals surface area contributed by atoms with Crippen LogP contribution in [0, 0.1) is 5.92 Å². The molecule has 1 aromatic rings. The average molecular weight is 255 g/mol. The Bertz CT molecular complexity index is 289. The van der Waals surface area contributed by atoms with E-state index in [1.54, 1.807) is 11.3 Å². The molecule has 90 valence electrons. The van der Waals surface area contributed by atoms with Gasteiger partial charge in [-0.25, -0.2) is 0 Å². The zero-order valence-electron chi connectivity index (χ0n) is 9.89. The van der Waals surface area contributed by atoms with Crippen LogP contribution in [0.2, 0.25) is 0 Å². The molecule has 0 spiro atoms. The van der Waals surface area contributed by atoms with E-state index in [0.717, 1.165) is 5.92 Å². The average Bonchev–Trinajstić information content (AvgIpc) is 2.88. The number of thioether (sulfide) groups is 1. The highest BCUT2D eigenvalue weighted by atomic mass is 32.2. The van der Waals surface area contributed by atoms with Crippen molar-refractivity contribution in [2.24, 2.45) is 11.7 Å². The lowest BCUT2D eigenvalue weighted by atomic mass is 10.1. The number of rotatable bonds is 5. The van der Waals surface area contributed by atoms with Crippen LogP contribution in [0.3, 0.4) is 0 Å². The first-order valence-corrected chi connectivity index (χ1v) is 8.16. The molecule has 1 heterocycles. The van der Waals surface area contributed by atoms with Gasteiger partial charge >= 0.3 is 0 Å². The zero-order valence-corrected chi connectivity index (χ0v) is 11.5. The minimum Gasteiger partial charge on any atom is -0.327 e. The summed E-state index contributed by atoms with van der Waals surface area (Å²) in [6, 6.07) is 2.47. The largest absolute Gasteiger partial charge is 0.327 e. The summed E-state index contributed by atoms with van der Waals surface area (Å²) in [6.45, 7) is 2.13. The predicted molar refractivity (Wildman–Crippen MR) is 75.1 cm³/mol. The summed E-state index contributed by atoms with van der Waals surface area (Å²) in [7, 11) is 0. The fraction of sp³-hybridized carbons (Fsp3) is 0.692. The van der Waals surface area contributed by atoms with E-state index in [1.807, 2.05) is 0 Å². The molecule has 0 radical (unpaired) electrons. The second-order valence-corrected chi connectivity index (χ2v) is 6.77. The lowest BCUT2D eigenvalue weighted by Crippen LogP contribution is -2.23. The Morgan fingerprint density at radius 1 is 1.50 bits per heavy atom. The number of hydrogen-bond donors (Lipinski definition) is 1. The first-order chi connectivity index (χ1) is 7.77. The van der Waals surface area contributed by atoms with Gasteiger partial charge in [-0.1, -0.05) is 12.8 Å². The summed E-state index contributed by atoms with van der Waals surface area (Å²) in [5.41, 5.74) is 7.52. The number of thiophene rings is 1. The van der Waals surface area contributed by atoms with Crippen LogP contribution in [-0.4, -0.2) is 11.8 Å². The molecule has 1 aliphatic rings. The third-order valence-electron chi connectivity index (χ3n) is 3.34. The molecule has 2 rings (SSSR count). The van der Waals surface area contributed by atoms with Gasteiger partial charge in [-0.2, -0.15) is 23.1 Å². The van der Waals surface area contributed by atoms with Crippen molar-refractivity contribution in [1.82, 2.24) is 0 Å². The molecule has 2 unspecified atom stereocenters. The van der Waals surface area contributed by atoms with E-state index in [-0.39, 0.29) is 6.04 Å². The second-order valence-electron chi connectivity index (χ2n) is 4.82. The molecule has 0 aromatic carbocycles. The standard InChI is InChI=1S/C13H21NS2/c1-10(14)13(12-6-7-15-9-12)16-8-11-4-2-3-5-11/h6-7,9-11,13H,2-5,8,14H2,1H3. The summed E-state index contributed by atoms with van der Waals surface area (Å²) in [5, 5.41) is 4.89. The van der Waals surface area contributed by atoms with Crippen molar-refractivity contribution < 1.29 is 0 Å². The van der Waals surface area contributed by atoms with Gasteiger partial charge in [0.05, 0.1) is 0 Å². The third-order valence-corrected chi connectivity index (χ3v) is 5.76. The maximum absolute atomic E-state index is 6.10. The van der Waals surface area contributed by atoms with Crippen LogP contribution in [0.15, 0.2) is 16.8 Å². The van der Waals surface area contributed by atoms with Crippen LogP contribution < -0.4 is 5.73 Å². The van der Waals surface area contributed by atoms with Gasteiger partial charge < -0.3 is 5.73 Å². The molecule has 0 saturated heterocycles. The van der Waals surface area contributed by atoms with E-state index >= 15 is 0 Å². The summed E-state index contributed by atoms with van der Waals surface area (Å²) in [4.78, 5) is 0. The Morgan fingerprint density at radius 3 is 2.81 bits per heavy atom. The van der Waals surface area contributed by atoms with Crippen molar-refractivity contribution in [3.8, 4) is 0 Å². The van der Waals surface area contributed by atoms with E-state index in [2.05, 4.69) is 35.5 Å². The molecule has 3 heteroatoms. The van der Waals surface area contributed by atoms with Gasteiger partial charge in [-0.15, -0.1) is 0 Å². The first-order valence-electron chi connectivity index (χ1n) is 6.16. The van der Waals surface area contributed by atoms with Gasteiger partial charge in [-0.3, -0.25) is 0 Å². The summed E-state index contributed by atoms with van der Waals surface area (Å²) < 4.78 is 0. The SMILES string of the molecule is CC(N)C(SCC1CCCC1)c1ccsc1. The normalized spacial score (nSPS) is 21.1. The van der Waals surface area contributed by atoms with E-state index in [4.69, 9.17) is 5.73 Å². The molecule has 2 atom stereocenters. The van der Waals surface area contributed by atoms with Crippen molar-refractivity contribution in [1.29, 1.82) is 0 Å². The maximum Gasteiger partial charge on any atom is 0.0453 e. The fourth-order valence-electron chi connectivity index (χ4n) is 2.41. The summed E-state index contributed by atoms with van der Waals surface area (Å²) in [6.07, 6.45) is 5.74. The monoisotopic (exact) mass is 255 g/mol. The van der Waals surface area contributed by atoms with Gasteiger partial charge in [0, 0.05) is 11.3 Å². The predicted octanol–water partition coefficient (Wildman–Crippen LogP) is 4.06. The van der Waals surface area contributed by atoms with Crippen molar-refractivity contribution >= 4 is 23.1 Å². The molecule has 16 heavy (non-hydrogen) atoms. The van der Waals surface area contributed by atoms with Gasteiger partial charge in [0.15, 0.2) is 0 Å². The van der Waals surface area contributed by atoms with Crippen LogP contribution in [0.4, 0.5) is 0 Å². The van der Waals surface area contributed by atoms with Gasteiger partial charge in [-0.05, 0) is 53.8 Å². The highest BCUT2D eigenvalue weighted by Gasteiger charge is 2.21. The van der Waals surface area contributed by atoms with Crippen LogP contribution in [-0.2, 0) is 0 Å². The number of hydrogen-bond acceptors (Lipinski definition) is 3. The van der Waals surface area contributed by atoms with E-state index in [9.17, 15) is 0 Å². The van der Waals surface area contributed by atoms with Crippen molar-refractivity contribution in [3.05, 3.63) is 22.4 Å². The lowest BCUT2D eigenvalue weighted by Gasteiger charge is -2.21. The van der Waals surface area contributed by atoms with Crippen molar-refractivity contribution in [2.75, 3.05) is 5.75 Å². The minimum atomic E-state index is 0.251. The Labute approximate surface area is 107 Å². The smallest absolute Gasteiger partial charge is 0.0453 e. The van der Waals surface area contributed by atoms with Crippen molar-refractivity contribution in [2.45, 2.75) is 43.9 Å². The highest BCUT2D eigenvalue weighted by Crippen LogP contribution is 2.37. The Kier molecular flexibility index (Phi) is 4.74. The molecule has 1 aromatic heterocycles. The quantitative estimate of drug-likeness (QED) is 0.858. The zero-order chi connectivity index (χ0) is 11.4. The minimum absolute atomic E-state index is 0.251.